The van der Waals surface area contributed by atoms with Crippen LogP contribution in [0, 0.1) is 25.2 Å². The first-order valence-corrected chi connectivity index (χ1v) is 9.54. The number of ether oxygens (including phenoxy) is 2. The van der Waals surface area contributed by atoms with Gasteiger partial charge in [0.15, 0.2) is 0 Å². The number of nitriles is 1. The minimum absolute atomic E-state index is 0.00817. The van der Waals surface area contributed by atoms with Gasteiger partial charge < -0.3 is 14.8 Å². The predicted octanol–water partition coefficient (Wildman–Crippen LogP) is 1.77. The molecule has 0 saturated carbocycles. The van der Waals surface area contributed by atoms with Crippen LogP contribution in [-0.4, -0.2) is 28.4 Å². The maximum absolute atomic E-state index is 12.4. The number of aromatic nitrogens is 2. The minimum atomic E-state index is -0.569. The summed E-state index contributed by atoms with van der Waals surface area (Å²) in [4.78, 5) is 24.8. The topological polar surface area (TPSA) is 106 Å². The summed E-state index contributed by atoms with van der Waals surface area (Å²) >= 11 is 0. The molecule has 1 atom stereocenters. The van der Waals surface area contributed by atoms with Crippen molar-refractivity contribution in [1.82, 2.24) is 15.1 Å². The second-order valence-electron chi connectivity index (χ2n) is 7.07. The first-order valence-electron chi connectivity index (χ1n) is 9.54. The Balaban J connectivity index is 1.75. The van der Waals surface area contributed by atoms with Gasteiger partial charge in [-0.2, -0.15) is 10.4 Å². The van der Waals surface area contributed by atoms with E-state index >= 15 is 0 Å². The molecule has 1 amide bonds. The fraction of sp³-hybridized carbons (Fsp3) is 0.429. The number of benzene rings is 1. The van der Waals surface area contributed by atoms with Gasteiger partial charge in [0.05, 0.1) is 12.3 Å². The summed E-state index contributed by atoms with van der Waals surface area (Å²) in [6, 6.07) is 5.73. The zero-order chi connectivity index (χ0) is 21.1. The first kappa shape index (κ1) is 20.4. The van der Waals surface area contributed by atoms with E-state index in [1.807, 2.05) is 32.0 Å². The zero-order valence-corrected chi connectivity index (χ0v) is 17.0. The minimum Gasteiger partial charge on any atom is -0.494 e. The van der Waals surface area contributed by atoms with E-state index in [0.717, 1.165) is 28.0 Å². The first-order chi connectivity index (χ1) is 13.8. The van der Waals surface area contributed by atoms with Gasteiger partial charge in [-0.05, 0) is 45.4 Å². The fourth-order valence-electron chi connectivity index (χ4n) is 3.31. The van der Waals surface area contributed by atoms with Crippen molar-refractivity contribution in [2.75, 3.05) is 6.61 Å². The van der Waals surface area contributed by atoms with Crippen molar-refractivity contribution >= 4 is 5.91 Å². The smallest absolute Gasteiger partial charge is 0.285 e. The van der Waals surface area contributed by atoms with Crippen molar-refractivity contribution in [1.29, 1.82) is 5.26 Å². The van der Waals surface area contributed by atoms with Gasteiger partial charge >= 0.3 is 0 Å². The van der Waals surface area contributed by atoms with Gasteiger partial charge in [-0.3, -0.25) is 9.59 Å². The highest BCUT2D eigenvalue weighted by atomic mass is 16.5. The SMILES string of the molecule is CCOc1cc2c(cc1CNC(=O)Cn1nc(C)c(C)c(C#N)c1=O)O[C@H](C)C2. The third-order valence-electron chi connectivity index (χ3n) is 4.90. The quantitative estimate of drug-likeness (QED) is 0.798. The van der Waals surface area contributed by atoms with Crippen LogP contribution in [0.3, 0.4) is 0 Å². The molecule has 2 aromatic rings. The molecular formula is C21H24N4O4. The maximum Gasteiger partial charge on any atom is 0.285 e. The number of nitrogens with one attached hydrogen (secondary N) is 1. The normalized spacial score (nSPS) is 14.7. The molecule has 1 aromatic heterocycles. The number of hydrogen-bond donors (Lipinski definition) is 1. The van der Waals surface area contributed by atoms with Gasteiger partial charge in [-0.25, -0.2) is 4.68 Å². The van der Waals surface area contributed by atoms with E-state index in [4.69, 9.17) is 9.47 Å². The maximum atomic E-state index is 12.4. The van der Waals surface area contributed by atoms with Crippen molar-refractivity contribution in [2.45, 2.75) is 53.3 Å². The number of fused-ring (bicyclic) bond motifs is 1. The summed E-state index contributed by atoms with van der Waals surface area (Å²) in [6.45, 7) is 7.74. The fourth-order valence-corrected chi connectivity index (χ4v) is 3.31. The molecule has 1 aliphatic heterocycles. The monoisotopic (exact) mass is 396 g/mol. The Bertz CT molecular complexity index is 1050. The second-order valence-corrected chi connectivity index (χ2v) is 7.07. The average molecular weight is 396 g/mol. The molecule has 1 aromatic carbocycles. The predicted molar refractivity (Wildman–Crippen MR) is 106 cm³/mol. The van der Waals surface area contributed by atoms with Gasteiger partial charge in [0.25, 0.3) is 5.56 Å². The Labute approximate surface area is 169 Å². The average Bonchev–Trinajstić information content (AvgIpc) is 3.04. The molecule has 8 heteroatoms. The Morgan fingerprint density at radius 3 is 2.90 bits per heavy atom. The molecule has 0 saturated heterocycles. The van der Waals surface area contributed by atoms with E-state index in [9.17, 15) is 14.9 Å². The van der Waals surface area contributed by atoms with Crippen molar-refractivity contribution in [3.8, 4) is 17.6 Å². The van der Waals surface area contributed by atoms with Crippen LogP contribution in [0.25, 0.3) is 0 Å². The van der Waals surface area contributed by atoms with Gasteiger partial charge in [0.2, 0.25) is 5.91 Å². The van der Waals surface area contributed by atoms with Gasteiger partial charge in [-0.15, -0.1) is 0 Å². The zero-order valence-electron chi connectivity index (χ0n) is 17.0. The lowest BCUT2D eigenvalue weighted by molar-refractivity contribution is -0.122. The van der Waals surface area contributed by atoms with Crippen LogP contribution >= 0.6 is 0 Å². The molecule has 0 bridgehead atoms. The van der Waals surface area contributed by atoms with Crippen molar-refractivity contribution in [3.63, 3.8) is 0 Å². The van der Waals surface area contributed by atoms with Crippen LogP contribution in [0.4, 0.5) is 0 Å². The number of hydrogen-bond acceptors (Lipinski definition) is 6. The molecule has 1 aliphatic rings. The third-order valence-corrected chi connectivity index (χ3v) is 4.90. The van der Waals surface area contributed by atoms with E-state index in [0.29, 0.717) is 23.6 Å². The Kier molecular flexibility index (Phi) is 5.87. The van der Waals surface area contributed by atoms with Crippen molar-refractivity contribution < 1.29 is 14.3 Å². The van der Waals surface area contributed by atoms with E-state index in [1.54, 1.807) is 13.8 Å². The molecule has 29 heavy (non-hydrogen) atoms. The molecule has 0 radical (unpaired) electrons. The highest BCUT2D eigenvalue weighted by Crippen LogP contribution is 2.35. The number of aryl methyl sites for hydroxylation is 1. The van der Waals surface area contributed by atoms with Gasteiger partial charge in [0, 0.05) is 24.1 Å². The van der Waals surface area contributed by atoms with E-state index in [-0.39, 0.29) is 30.7 Å². The lowest BCUT2D eigenvalue weighted by Gasteiger charge is -2.14. The van der Waals surface area contributed by atoms with Crippen molar-refractivity contribution in [2.24, 2.45) is 0 Å². The molecule has 2 heterocycles. The van der Waals surface area contributed by atoms with Crippen LogP contribution in [0.1, 0.15) is 41.8 Å². The number of amides is 1. The van der Waals surface area contributed by atoms with Crippen LogP contribution in [0.5, 0.6) is 11.5 Å². The third kappa shape index (κ3) is 4.24. The van der Waals surface area contributed by atoms with Crippen LogP contribution < -0.4 is 20.3 Å². The summed E-state index contributed by atoms with van der Waals surface area (Å²) in [5.41, 5.74) is 2.40. The molecule has 0 aliphatic carbocycles. The number of nitrogens with zero attached hydrogens (tertiary/aromatic N) is 3. The summed E-state index contributed by atoms with van der Waals surface area (Å²) in [5, 5.41) is 16.1. The molecular weight excluding hydrogens is 372 g/mol. The standard InChI is InChI=1S/C21H24N4O4/c1-5-28-18-7-15-6-12(2)29-19(15)8-16(18)10-23-20(26)11-25-21(27)17(9-22)13(3)14(4)24-25/h7-8,12H,5-6,10-11H2,1-4H3,(H,23,26)/t12-/m1/s1. The van der Waals surface area contributed by atoms with Crippen LogP contribution in [-0.2, 0) is 24.3 Å². The molecule has 0 fully saturated rings. The second kappa shape index (κ2) is 8.35. The van der Waals surface area contributed by atoms with E-state index < -0.39 is 5.56 Å². The number of carbonyl (C=O) groups is 1. The number of rotatable bonds is 6. The molecule has 1 N–H and O–H groups in total. The lowest BCUT2D eigenvalue weighted by atomic mass is 10.1. The summed E-state index contributed by atoms with van der Waals surface area (Å²) in [7, 11) is 0. The largest absolute Gasteiger partial charge is 0.494 e. The Hall–Kier alpha value is -3.34. The summed E-state index contributed by atoms with van der Waals surface area (Å²) < 4.78 is 12.5. The molecule has 152 valence electrons. The van der Waals surface area contributed by atoms with Crippen LogP contribution in [0.2, 0.25) is 0 Å². The summed E-state index contributed by atoms with van der Waals surface area (Å²) in [6.07, 6.45) is 0.936. The Morgan fingerprint density at radius 1 is 1.45 bits per heavy atom. The van der Waals surface area contributed by atoms with Gasteiger partial charge in [0.1, 0.15) is 35.8 Å². The number of carbonyl (C=O) groups excluding carboxylic acids is 1. The highest BCUT2D eigenvalue weighted by molar-refractivity contribution is 5.75. The molecule has 8 nitrogen and oxygen atoms in total. The lowest BCUT2D eigenvalue weighted by Crippen LogP contribution is -2.35. The van der Waals surface area contributed by atoms with Gasteiger partial charge in [-0.1, -0.05) is 0 Å². The van der Waals surface area contributed by atoms with E-state index in [1.165, 1.54) is 0 Å². The molecule has 0 unspecified atom stereocenters. The molecule has 3 rings (SSSR count). The molecule has 0 spiro atoms. The van der Waals surface area contributed by atoms with Crippen LogP contribution in [0.15, 0.2) is 16.9 Å². The van der Waals surface area contributed by atoms with Crippen molar-refractivity contribution in [3.05, 3.63) is 50.4 Å². The summed E-state index contributed by atoms with van der Waals surface area (Å²) in [5.74, 6) is 1.12. The Morgan fingerprint density at radius 2 is 2.21 bits per heavy atom. The van der Waals surface area contributed by atoms with E-state index in [2.05, 4.69) is 10.4 Å². The highest BCUT2D eigenvalue weighted by Gasteiger charge is 2.22.